The fraction of sp³-hybridized carbons (Fsp3) is 0.132. The fourth-order valence-electron chi connectivity index (χ4n) is 10.7. The van der Waals surface area contributed by atoms with Crippen molar-refractivity contribution in [2.24, 2.45) is 0 Å². The second-order valence-electron chi connectivity index (χ2n) is 21.9. The summed E-state index contributed by atoms with van der Waals surface area (Å²) in [5.41, 5.74) is 15.1. The summed E-state index contributed by atoms with van der Waals surface area (Å²) >= 11 is 0. The molecule has 11 aromatic rings. The van der Waals surface area contributed by atoms with E-state index in [-0.39, 0.29) is 0 Å². The Morgan fingerprint density at radius 1 is 0.216 bits per heavy atom. The molecular weight excluding hydrogens is 1090 g/mol. The Kier molecular flexibility index (Phi) is 17.5. The molecule has 1 radical (unpaired) electrons. The molecule has 0 atom stereocenters. The Bertz CT molecular complexity index is 3700. The summed E-state index contributed by atoms with van der Waals surface area (Å²) in [5, 5.41) is 15.4. The van der Waals surface area contributed by atoms with Crippen molar-refractivity contribution in [2.75, 3.05) is 67.3 Å². The molecule has 0 spiro atoms. The van der Waals surface area contributed by atoms with E-state index in [0.29, 0.717) is 5.69 Å². The van der Waals surface area contributed by atoms with Gasteiger partial charge in [0.15, 0.2) is 0 Å². The molecule has 0 amide bonds. The highest BCUT2D eigenvalue weighted by atomic mass is 16.5. The number of ether oxygens (including phenoxy) is 6. The maximum absolute atomic E-state index is 14.3. The number of hydroxylamine groups is 1. The van der Waals surface area contributed by atoms with E-state index < -0.39 is 5.54 Å². The molecule has 0 saturated carbocycles. The minimum atomic E-state index is -0.701. The molecular formula is C76H70N5O7. The van der Waals surface area contributed by atoms with Gasteiger partial charge in [-0.3, -0.25) is 0 Å². The zero-order valence-electron chi connectivity index (χ0n) is 50.9. The van der Waals surface area contributed by atoms with Crippen LogP contribution in [0.3, 0.4) is 0 Å². The van der Waals surface area contributed by atoms with E-state index in [1.807, 2.05) is 106 Å². The van der Waals surface area contributed by atoms with E-state index >= 15 is 0 Å². The van der Waals surface area contributed by atoms with Crippen LogP contribution >= 0.6 is 0 Å². The standard InChI is InChI=1S/C76H70N5O7/c1-76(2,3)81(82)69-51-55(53-10-14-57(15-11-53)77(63-26-38-70(83-4)39-27-63)59-18-22-61(23-19-59)79(65-30-42-72(85-6)43-31-65)66-32-44-73(86-7)45-33-66)50-56(52-69)54-12-16-58(17-13-54)78(64-28-40-71(84-5)41-29-64)60-20-24-62(25-21-60)80(67-34-46-74(87-8)47-35-67)68-36-48-75(88-9)49-37-68/h10-52H,1-9H3. The summed E-state index contributed by atoms with van der Waals surface area (Å²) in [6.07, 6.45) is 0. The Hall–Kier alpha value is -10.8. The lowest BCUT2D eigenvalue weighted by Gasteiger charge is -2.30. The largest absolute Gasteiger partial charge is 0.497 e. The van der Waals surface area contributed by atoms with Crippen LogP contribution in [0.15, 0.2) is 261 Å². The Morgan fingerprint density at radius 2 is 0.375 bits per heavy atom. The zero-order chi connectivity index (χ0) is 61.3. The van der Waals surface area contributed by atoms with Gasteiger partial charge in [0.2, 0.25) is 0 Å². The zero-order valence-corrected chi connectivity index (χ0v) is 50.9. The summed E-state index contributed by atoms with van der Waals surface area (Å²) < 4.78 is 33.2. The lowest BCUT2D eigenvalue weighted by atomic mass is 9.96. The van der Waals surface area contributed by atoms with Crippen LogP contribution in [-0.2, 0) is 5.21 Å². The number of rotatable bonds is 21. The highest BCUT2D eigenvalue weighted by Gasteiger charge is 2.25. The molecule has 12 nitrogen and oxygen atoms in total. The van der Waals surface area contributed by atoms with Crippen molar-refractivity contribution in [1.29, 1.82) is 0 Å². The van der Waals surface area contributed by atoms with Crippen molar-refractivity contribution in [3.05, 3.63) is 261 Å². The second-order valence-corrected chi connectivity index (χ2v) is 21.9. The van der Waals surface area contributed by atoms with Crippen LogP contribution in [0.25, 0.3) is 22.3 Å². The minimum Gasteiger partial charge on any atom is -0.497 e. The SMILES string of the molecule is COc1ccc(N(c2ccc(OC)cc2)c2ccc(N(c3ccc(OC)cc3)c3ccc(-c4cc(-c5ccc(N(c6ccc(OC)cc6)c6ccc(N(c7ccc(OC)cc7)c7ccc(OC)cc7)cc6)cc5)cc(N([O])C(C)(C)C)c4)cc3)cc2)cc1. The highest BCUT2D eigenvalue weighted by molar-refractivity contribution is 5.86. The highest BCUT2D eigenvalue weighted by Crippen LogP contribution is 2.44. The predicted molar refractivity (Wildman–Crippen MR) is 358 cm³/mol. The first-order valence-corrected chi connectivity index (χ1v) is 28.9. The molecule has 88 heavy (non-hydrogen) atoms. The molecule has 0 aliphatic heterocycles. The van der Waals surface area contributed by atoms with E-state index in [1.165, 1.54) is 0 Å². The molecule has 441 valence electrons. The molecule has 0 N–H and O–H groups in total. The summed E-state index contributed by atoms with van der Waals surface area (Å²) in [7, 11) is 10.0. The van der Waals surface area contributed by atoms with E-state index in [1.54, 1.807) is 42.7 Å². The average molecular weight is 1170 g/mol. The molecule has 11 rings (SSSR count). The van der Waals surface area contributed by atoms with Crippen molar-refractivity contribution >= 4 is 73.9 Å². The summed E-state index contributed by atoms with van der Waals surface area (Å²) in [5.74, 6) is 4.63. The lowest BCUT2D eigenvalue weighted by Crippen LogP contribution is -2.37. The van der Waals surface area contributed by atoms with Crippen molar-refractivity contribution < 1.29 is 33.6 Å². The predicted octanol–water partition coefficient (Wildman–Crippen LogP) is 19.9. The van der Waals surface area contributed by atoms with Gasteiger partial charge in [0.25, 0.3) is 0 Å². The van der Waals surface area contributed by atoms with Gasteiger partial charge in [-0.15, -0.1) is 0 Å². The molecule has 12 heteroatoms. The number of hydrogen-bond acceptors (Lipinski definition) is 11. The smallest absolute Gasteiger partial charge is 0.119 e. The third-order valence-electron chi connectivity index (χ3n) is 15.4. The summed E-state index contributed by atoms with van der Waals surface area (Å²) in [6, 6.07) is 88.5. The lowest BCUT2D eigenvalue weighted by molar-refractivity contribution is 0.102. The van der Waals surface area contributed by atoms with E-state index in [4.69, 9.17) is 28.4 Å². The molecule has 0 aromatic heterocycles. The van der Waals surface area contributed by atoms with E-state index in [2.05, 4.69) is 196 Å². The van der Waals surface area contributed by atoms with Crippen LogP contribution < -0.4 is 53.1 Å². The maximum atomic E-state index is 14.3. The molecule has 0 fully saturated rings. The van der Waals surface area contributed by atoms with Crippen molar-refractivity contribution in [3.63, 3.8) is 0 Å². The molecule has 0 bridgehead atoms. The maximum Gasteiger partial charge on any atom is 0.119 e. The van der Waals surface area contributed by atoms with Crippen LogP contribution in [0.2, 0.25) is 0 Å². The average Bonchev–Trinajstić information content (AvgIpc) is 2.40. The Labute approximate surface area is 516 Å². The van der Waals surface area contributed by atoms with Crippen molar-refractivity contribution in [2.45, 2.75) is 26.3 Å². The van der Waals surface area contributed by atoms with Crippen LogP contribution in [0, 0.1) is 0 Å². The van der Waals surface area contributed by atoms with Gasteiger partial charge in [-0.25, -0.2) is 5.06 Å². The number of hydrogen-bond donors (Lipinski definition) is 0. The van der Waals surface area contributed by atoms with Gasteiger partial charge in [-0.1, -0.05) is 29.5 Å². The first-order valence-electron chi connectivity index (χ1n) is 28.9. The third-order valence-corrected chi connectivity index (χ3v) is 15.4. The second kappa shape index (κ2) is 26.2. The number of nitrogens with zero attached hydrogens (tertiary/aromatic N) is 5. The monoisotopic (exact) mass is 1160 g/mol. The summed E-state index contributed by atoms with van der Waals surface area (Å²) in [6.45, 7) is 5.80. The fourth-order valence-corrected chi connectivity index (χ4v) is 10.7. The molecule has 11 aromatic carbocycles. The molecule has 0 aliphatic carbocycles. The van der Waals surface area contributed by atoms with E-state index in [9.17, 15) is 5.21 Å². The van der Waals surface area contributed by atoms with Crippen LogP contribution in [-0.4, -0.2) is 48.2 Å². The number of anilines is 13. The Balaban J connectivity index is 0.929. The third kappa shape index (κ3) is 12.9. The molecule has 0 heterocycles. The van der Waals surface area contributed by atoms with Gasteiger partial charge in [-0.05, 0) is 280 Å². The first-order chi connectivity index (χ1) is 42.8. The van der Waals surface area contributed by atoms with Gasteiger partial charge >= 0.3 is 0 Å². The Morgan fingerprint density at radius 3 is 0.534 bits per heavy atom. The van der Waals surface area contributed by atoms with Crippen molar-refractivity contribution in [1.82, 2.24) is 0 Å². The number of benzene rings is 11. The quantitative estimate of drug-likeness (QED) is 0.0644. The van der Waals surface area contributed by atoms with Gasteiger partial charge in [0, 0.05) is 68.2 Å². The van der Waals surface area contributed by atoms with E-state index in [0.717, 1.165) is 130 Å². The first kappa shape index (κ1) is 58.9. The van der Waals surface area contributed by atoms with Crippen LogP contribution in [0.5, 0.6) is 34.5 Å². The normalized spacial score (nSPS) is 11.1. The minimum absolute atomic E-state index is 0.560. The topological polar surface area (TPSA) is 91.5 Å². The number of methoxy groups -OCH3 is 6. The van der Waals surface area contributed by atoms with Crippen LogP contribution in [0.4, 0.5) is 73.9 Å². The summed E-state index contributed by atoms with van der Waals surface area (Å²) in [4.78, 5) is 8.86. The van der Waals surface area contributed by atoms with Gasteiger partial charge in [0.1, 0.15) is 34.5 Å². The molecule has 0 unspecified atom stereocenters. The van der Waals surface area contributed by atoms with Gasteiger partial charge in [0.05, 0.1) is 53.9 Å². The van der Waals surface area contributed by atoms with Gasteiger partial charge in [-0.2, -0.15) is 0 Å². The molecule has 0 aliphatic rings. The molecule has 0 saturated heterocycles. The van der Waals surface area contributed by atoms with Crippen LogP contribution in [0.1, 0.15) is 20.8 Å². The van der Waals surface area contributed by atoms with Crippen molar-refractivity contribution in [3.8, 4) is 56.8 Å². The van der Waals surface area contributed by atoms with Gasteiger partial charge < -0.3 is 48.0 Å².